The minimum atomic E-state index is -0.635. The minimum Gasteiger partial charge on any atom is -0.495 e. The predicted molar refractivity (Wildman–Crippen MR) is 173 cm³/mol. The van der Waals surface area contributed by atoms with Crippen LogP contribution in [0.2, 0.25) is 5.02 Å². The number of benzene rings is 4. The molecule has 2 aliphatic rings. The summed E-state index contributed by atoms with van der Waals surface area (Å²) in [5.74, 6) is 0.653. The van der Waals surface area contributed by atoms with E-state index in [-0.39, 0.29) is 11.3 Å². The summed E-state index contributed by atoms with van der Waals surface area (Å²) in [7, 11) is 1.61. The number of ether oxygens (including phenoxy) is 1. The van der Waals surface area contributed by atoms with E-state index in [0.717, 1.165) is 39.3 Å². The Bertz CT molecular complexity index is 1880. The average Bonchev–Trinajstić information content (AvgIpc) is 3.67. The topological polar surface area (TPSA) is 59.4 Å². The third-order valence-electron chi connectivity index (χ3n) is 8.78. The molecule has 1 fully saturated rings. The first-order chi connectivity index (χ1) is 20.8. The Balaban J connectivity index is 1.25. The summed E-state index contributed by atoms with van der Waals surface area (Å²) in [5.41, 5.74) is 7.14. The average molecular weight is 587 g/mol. The number of carbonyl (C=O) groups excluding carboxylic acids is 1. The second-order valence-corrected chi connectivity index (χ2v) is 11.9. The minimum absolute atomic E-state index is 0.0316. The van der Waals surface area contributed by atoms with Gasteiger partial charge in [-0.2, -0.15) is 5.10 Å². The number of amides is 1. The fourth-order valence-electron chi connectivity index (χ4n) is 6.46. The van der Waals surface area contributed by atoms with Crippen LogP contribution in [0.3, 0.4) is 0 Å². The van der Waals surface area contributed by atoms with E-state index in [4.69, 9.17) is 21.4 Å². The number of nitrogens with zero attached hydrogens (tertiary/aromatic N) is 3. The van der Waals surface area contributed by atoms with Crippen molar-refractivity contribution < 1.29 is 9.53 Å². The lowest BCUT2D eigenvalue weighted by Gasteiger charge is -2.40. The number of fused-ring (bicyclic) bond motifs is 3. The molecular weight excluding hydrogens is 556 g/mol. The van der Waals surface area contributed by atoms with E-state index in [2.05, 4.69) is 84.9 Å². The highest BCUT2D eigenvalue weighted by Gasteiger charge is 2.59. The summed E-state index contributed by atoms with van der Waals surface area (Å²) < 4.78 is 7.27. The van der Waals surface area contributed by atoms with Crippen LogP contribution in [-0.4, -0.2) is 35.0 Å². The lowest BCUT2D eigenvalue weighted by Crippen LogP contribution is -2.58. The van der Waals surface area contributed by atoms with Crippen molar-refractivity contribution >= 4 is 29.3 Å². The molecule has 0 saturated carbocycles. The molecule has 7 rings (SSSR count). The van der Waals surface area contributed by atoms with Gasteiger partial charge in [-0.05, 0) is 59.2 Å². The van der Waals surface area contributed by atoms with Gasteiger partial charge in [-0.25, -0.2) is 4.68 Å². The largest absolute Gasteiger partial charge is 0.495 e. The predicted octanol–water partition coefficient (Wildman–Crippen LogP) is 7.51. The zero-order chi connectivity index (χ0) is 29.8. The summed E-state index contributed by atoms with van der Waals surface area (Å²) in [6.45, 7) is 4.73. The maximum Gasteiger partial charge on any atom is 0.241 e. The highest BCUT2D eigenvalue weighted by molar-refractivity contribution is 6.32. The molecule has 214 valence electrons. The first-order valence-corrected chi connectivity index (χ1v) is 14.7. The molecule has 1 saturated heterocycles. The van der Waals surface area contributed by atoms with Crippen LogP contribution in [0.25, 0.3) is 34.1 Å². The zero-order valence-corrected chi connectivity index (χ0v) is 25.0. The molecular formula is C36H31ClN4O2. The van der Waals surface area contributed by atoms with E-state index in [0.29, 0.717) is 17.3 Å². The van der Waals surface area contributed by atoms with Crippen molar-refractivity contribution in [2.45, 2.75) is 24.9 Å². The zero-order valence-electron chi connectivity index (χ0n) is 24.2. The molecule has 3 heterocycles. The molecule has 43 heavy (non-hydrogen) atoms. The van der Waals surface area contributed by atoms with Crippen molar-refractivity contribution in [3.05, 3.63) is 125 Å². The highest BCUT2D eigenvalue weighted by atomic mass is 35.5. The van der Waals surface area contributed by atoms with Gasteiger partial charge in [-0.1, -0.05) is 92.2 Å². The molecule has 1 atom stereocenters. The summed E-state index contributed by atoms with van der Waals surface area (Å²) in [5, 5.41) is 8.80. The van der Waals surface area contributed by atoms with Crippen molar-refractivity contribution in [3.8, 4) is 33.8 Å². The molecule has 2 aliphatic heterocycles. The molecule has 5 aromatic rings. The molecule has 1 aromatic heterocycles. The standard InChI is InChI=1S/C36H31ClN4O2/c1-35(2)29-11-7-8-12-31(29)40-23-33(42)38-36(35,40)20-19-24-13-15-25(16-14-24)28-22-41(27-9-5-4-6-10-27)39-34(28)26-17-18-32(43-3)30(37)21-26/h4-22H,23H2,1-3H3,(H,38,42)/b20-19+/t36-/m1/s1. The lowest BCUT2D eigenvalue weighted by atomic mass is 9.75. The number of aromatic nitrogens is 2. The molecule has 4 aromatic carbocycles. The number of hydrogen-bond acceptors (Lipinski definition) is 4. The SMILES string of the molecule is COc1ccc(-c2nn(-c3ccccc3)cc2-c2ccc(/C=C/[C@@]34NC(=O)CN3c3ccccc3C4(C)C)cc2)cc1Cl. The molecule has 0 bridgehead atoms. The van der Waals surface area contributed by atoms with E-state index in [1.165, 1.54) is 5.56 Å². The van der Waals surface area contributed by atoms with E-state index in [1.807, 2.05) is 59.3 Å². The summed E-state index contributed by atoms with van der Waals surface area (Å²) in [4.78, 5) is 14.9. The molecule has 1 amide bonds. The Labute approximate surface area is 256 Å². The van der Waals surface area contributed by atoms with E-state index < -0.39 is 5.66 Å². The van der Waals surface area contributed by atoms with Gasteiger partial charge in [0.15, 0.2) is 0 Å². The number of halogens is 1. The highest BCUT2D eigenvalue weighted by Crippen LogP contribution is 2.52. The van der Waals surface area contributed by atoms with Gasteiger partial charge in [0, 0.05) is 28.4 Å². The third-order valence-corrected chi connectivity index (χ3v) is 9.07. The number of carbonyl (C=O) groups is 1. The van der Waals surface area contributed by atoms with Gasteiger partial charge < -0.3 is 15.0 Å². The number of anilines is 1. The van der Waals surface area contributed by atoms with Crippen molar-refractivity contribution in [1.82, 2.24) is 15.1 Å². The summed E-state index contributed by atoms with van der Waals surface area (Å²) >= 11 is 6.51. The second kappa shape index (κ2) is 10.2. The lowest BCUT2D eigenvalue weighted by molar-refractivity contribution is -0.118. The summed E-state index contributed by atoms with van der Waals surface area (Å²) in [6, 6.07) is 32.6. The van der Waals surface area contributed by atoms with Crippen LogP contribution in [0.15, 0.2) is 109 Å². The molecule has 7 heteroatoms. The molecule has 0 radical (unpaired) electrons. The van der Waals surface area contributed by atoms with Crippen molar-refractivity contribution in [2.24, 2.45) is 0 Å². The van der Waals surface area contributed by atoms with Crippen molar-refractivity contribution in [1.29, 1.82) is 0 Å². The molecule has 0 spiro atoms. The Hall–Kier alpha value is -4.81. The number of hydrogen-bond donors (Lipinski definition) is 1. The maximum absolute atomic E-state index is 12.7. The Morgan fingerprint density at radius 3 is 2.40 bits per heavy atom. The van der Waals surface area contributed by atoms with Gasteiger partial charge in [0.05, 0.1) is 24.4 Å². The molecule has 6 nitrogen and oxygen atoms in total. The second-order valence-electron chi connectivity index (χ2n) is 11.5. The smallest absolute Gasteiger partial charge is 0.241 e. The fraction of sp³-hybridized carbons (Fsp3) is 0.167. The van der Waals surface area contributed by atoms with Gasteiger partial charge in [-0.15, -0.1) is 0 Å². The van der Waals surface area contributed by atoms with Crippen molar-refractivity contribution in [2.75, 3.05) is 18.6 Å². The van der Waals surface area contributed by atoms with E-state index in [9.17, 15) is 4.79 Å². The number of para-hydroxylation sites is 2. The number of rotatable bonds is 6. The van der Waals surface area contributed by atoms with Gasteiger partial charge >= 0.3 is 0 Å². The van der Waals surface area contributed by atoms with Crippen LogP contribution < -0.4 is 15.0 Å². The van der Waals surface area contributed by atoms with Crippen molar-refractivity contribution in [3.63, 3.8) is 0 Å². The van der Waals surface area contributed by atoms with Crippen LogP contribution >= 0.6 is 11.6 Å². The number of nitrogens with one attached hydrogen (secondary N) is 1. The number of methoxy groups -OCH3 is 1. The van der Waals surface area contributed by atoms with Crippen LogP contribution in [0.5, 0.6) is 5.75 Å². The molecule has 0 aliphatic carbocycles. The van der Waals surface area contributed by atoms with Crippen LogP contribution in [0.1, 0.15) is 25.0 Å². The molecule has 1 N–H and O–H groups in total. The fourth-order valence-corrected chi connectivity index (χ4v) is 6.71. The Morgan fingerprint density at radius 1 is 0.930 bits per heavy atom. The quantitative estimate of drug-likeness (QED) is 0.224. The van der Waals surface area contributed by atoms with Gasteiger partial charge in [0.2, 0.25) is 5.91 Å². The van der Waals surface area contributed by atoms with Gasteiger partial charge in [0.25, 0.3) is 0 Å². The van der Waals surface area contributed by atoms with Crippen LogP contribution in [0.4, 0.5) is 5.69 Å². The van der Waals surface area contributed by atoms with Gasteiger partial charge in [-0.3, -0.25) is 4.79 Å². The summed E-state index contributed by atoms with van der Waals surface area (Å²) in [6.07, 6.45) is 6.30. The molecule has 0 unspecified atom stereocenters. The maximum atomic E-state index is 12.7. The first-order valence-electron chi connectivity index (χ1n) is 14.3. The normalized spacial score (nSPS) is 18.5. The first kappa shape index (κ1) is 27.0. The van der Waals surface area contributed by atoms with E-state index in [1.54, 1.807) is 7.11 Å². The Morgan fingerprint density at radius 2 is 1.65 bits per heavy atom. The van der Waals surface area contributed by atoms with Crippen LogP contribution in [0, 0.1) is 0 Å². The van der Waals surface area contributed by atoms with Gasteiger partial charge in [0.1, 0.15) is 17.1 Å². The van der Waals surface area contributed by atoms with Crippen LogP contribution in [-0.2, 0) is 10.2 Å². The van der Waals surface area contributed by atoms with E-state index >= 15 is 0 Å². The third kappa shape index (κ3) is 4.33. The Kier molecular flexibility index (Phi) is 6.40. The monoisotopic (exact) mass is 586 g/mol.